The van der Waals surface area contributed by atoms with Crippen LogP contribution in [0.1, 0.15) is 49.1 Å². The van der Waals surface area contributed by atoms with Crippen LogP contribution in [-0.2, 0) is 20.2 Å². The van der Waals surface area contributed by atoms with Crippen molar-refractivity contribution in [1.82, 2.24) is 19.6 Å². The molecule has 0 aliphatic carbocycles. The number of ether oxygens (including phenoxy) is 1. The number of aryl methyl sites for hydroxylation is 4. The lowest BCUT2D eigenvalue weighted by atomic mass is 10.2. The largest absolute Gasteiger partial charge is 0.487 e. The van der Waals surface area contributed by atoms with Gasteiger partial charge in [-0.25, -0.2) is 0 Å². The van der Waals surface area contributed by atoms with E-state index in [1.54, 1.807) is 0 Å². The molecule has 0 unspecified atom stereocenters. The number of thiophene rings is 1. The summed E-state index contributed by atoms with van der Waals surface area (Å²) in [4.78, 5) is 13.6. The number of hydrogen-bond acceptors (Lipinski definition) is 5. The number of rotatable bonds is 7. The van der Waals surface area contributed by atoms with Gasteiger partial charge in [0, 0.05) is 23.9 Å². The van der Waals surface area contributed by atoms with Crippen molar-refractivity contribution in [1.29, 1.82) is 0 Å². The van der Waals surface area contributed by atoms with Gasteiger partial charge in [-0.15, -0.1) is 11.3 Å². The minimum atomic E-state index is -0.163. The zero-order valence-electron chi connectivity index (χ0n) is 20.2. The summed E-state index contributed by atoms with van der Waals surface area (Å²) in [6.45, 7) is 10.9. The summed E-state index contributed by atoms with van der Waals surface area (Å²) in [6, 6.07) is 7.51. The quantitative estimate of drug-likeness (QED) is 0.352. The second-order valence-corrected chi connectivity index (χ2v) is 9.79. The van der Waals surface area contributed by atoms with Crippen molar-refractivity contribution in [2.45, 2.75) is 47.8 Å². The SMILES string of the molecule is Cc1ccc(Cl)c(OCc2csc(C(=O)Nc3c(C)nn(Cc4c(C)nn(C)c4C)c3C)c2)c1. The smallest absolute Gasteiger partial charge is 0.265 e. The van der Waals surface area contributed by atoms with Crippen LogP contribution in [0.15, 0.2) is 29.6 Å². The second-order valence-electron chi connectivity index (χ2n) is 8.47. The molecule has 4 aromatic rings. The topological polar surface area (TPSA) is 74.0 Å². The molecule has 0 radical (unpaired) electrons. The van der Waals surface area contributed by atoms with Crippen LogP contribution >= 0.6 is 22.9 Å². The fourth-order valence-electron chi connectivity index (χ4n) is 3.86. The van der Waals surface area contributed by atoms with E-state index in [0.717, 1.165) is 45.2 Å². The molecule has 3 heterocycles. The van der Waals surface area contributed by atoms with Gasteiger partial charge in [-0.2, -0.15) is 10.2 Å². The zero-order chi connectivity index (χ0) is 24.6. The van der Waals surface area contributed by atoms with E-state index in [2.05, 4.69) is 22.4 Å². The van der Waals surface area contributed by atoms with Gasteiger partial charge in [0.2, 0.25) is 0 Å². The highest BCUT2D eigenvalue weighted by Gasteiger charge is 2.19. The molecule has 0 spiro atoms. The molecule has 0 aliphatic heterocycles. The Morgan fingerprint density at radius 2 is 1.85 bits per heavy atom. The highest BCUT2D eigenvalue weighted by atomic mass is 35.5. The predicted molar refractivity (Wildman–Crippen MR) is 136 cm³/mol. The molecule has 9 heteroatoms. The number of benzene rings is 1. The summed E-state index contributed by atoms with van der Waals surface area (Å²) in [7, 11) is 1.94. The van der Waals surface area contributed by atoms with E-state index < -0.39 is 0 Å². The average molecular weight is 498 g/mol. The Balaban J connectivity index is 1.45. The highest BCUT2D eigenvalue weighted by molar-refractivity contribution is 7.12. The van der Waals surface area contributed by atoms with Gasteiger partial charge in [-0.3, -0.25) is 14.2 Å². The van der Waals surface area contributed by atoms with Crippen LogP contribution in [0.5, 0.6) is 5.75 Å². The lowest BCUT2D eigenvalue weighted by Crippen LogP contribution is -2.12. The van der Waals surface area contributed by atoms with Crippen LogP contribution in [0.3, 0.4) is 0 Å². The van der Waals surface area contributed by atoms with Gasteiger partial charge in [0.1, 0.15) is 12.4 Å². The lowest BCUT2D eigenvalue weighted by Gasteiger charge is -2.08. The van der Waals surface area contributed by atoms with Gasteiger partial charge < -0.3 is 10.1 Å². The molecule has 0 saturated heterocycles. The summed E-state index contributed by atoms with van der Waals surface area (Å²) in [5, 5.41) is 14.7. The summed E-state index contributed by atoms with van der Waals surface area (Å²) in [5.74, 6) is 0.473. The van der Waals surface area contributed by atoms with E-state index in [-0.39, 0.29) is 5.91 Å². The van der Waals surface area contributed by atoms with Gasteiger partial charge in [-0.05, 0) is 63.8 Å². The van der Waals surface area contributed by atoms with E-state index in [1.807, 2.05) is 73.8 Å². The molecule has 1 N–H and O–H groups in total. The van der Waals surface area contributed by atoms with E-state index in [9.17, 15) is 4.79 Å². The number of anilines is 1. The minimum Gasteiger partial charge on any atom is -0.487 e. The number of carbonyl (C=O) groups excluding carboxylic acids is 1. The van der Waals surface area contributed by atoms with E-state index in [4.69, 9.17) is 16.3 Å². The Morgan fingerprint density at radius 1 is 1.09 bits per heavy atom. The Morgan fingerprint density at radius 3 is 2.56 bits per heavy atom. The number of nitrogens with one attached hydrogen (secondary N) is 1. The Kier molecular flexibility index (Phi) is 6.81. The first-order valence-electron chi connectivity index (χ1n) is 10.9. The molecule has 4 rings (SSSR count). The highest BCUT2D eigenvalue weighted by Crippen LogP contribution is 2.28. The van der Waals surface area contributed by atoms with Crippen molar-refractivity contribution in [3.63, 3.8) is 0 Å². The molecule has 0 atom stereocenters. The molecule has 34 heavy (non-hydrogen) atoms. The standard InChI is InChI=1S/C25H28ClN5O2S/c1-14-7-8-21(26)22(9-14)33-12-19-10-23(34-13-19)25(32)27-24-16(3)29-31(18(24)5)11-20-15(2)28-30(6)17(20)4/h7-10,13H,11-12H2,1-6H3,(H,27,32). The minimum absolute atomic E-state index is 0.163. The Bertz CT molecular complexity index is 1370. The van der Waals surface area contributed by atoms with Gasteiger partial charge in [0.25, 0.3) is 5.91 Å². The van der Waals surface area contributed by atoms with Crippen LogP contribution in [0, 0.1) is 34.6 Å². The Hall–Kier alpha value is -3.10. The van der Waals surface area contributed by atoms with Crippen molar-refractivity contribution in [2.75, 3.05) is 5.32 Å². The van der Waals surface area contributed by atoms with Crippen LogP contribution < -0.4 is 10.1 Å². The fraction of sp³-hybridized carbons (Fsp3) is 0.320. The molecular formula is C25H28ClN5O2S. The van der Waals surface area contributed by atoms with Crippen LogP contribution in [0.2, 0.25) is 5.02 Å². The van der Waals surface area contributed by atoms with Gasteiger partial charge in [0.05, 0.1) is 39.2 Å². The predicted octanol–water partition coefficient (Wildman–Crippen LogP) is 5.75. The molecule has 1 aromatic carbocycles. The first kappa shape index (κ1) is 24.0. The summed E-state index contributed by atoms with van der Waals surface area (Å²) >= 11 is 7.59. The molecule has 0 aliphatic rings. The van der Waals surface area contributed by atoms with Gasteiger partial charge in [-0.1, -0.05) is 17.7 Å². The van der Waals surface area contributed by atoms with Crippen LogP contribution in [0.4, 0.5) is 5.69 Å². The lowest BCUT2D eigenvalue weighted by molar-refractivity contribution is 0.103. The molecule has 1 amide bonds. The van der Waals surface area contributed by atoms with Gasteiger partial charge in [0.15, 0.2) is 0 Å². The fourth-order valence-corrected chi connectivity index (χ4v) is 4.82. The number of amides is 1. The number of aromatic nitrogens is 4. The van der Waals surface area contributed by atoms with Crippen molar-refractivity contribution in [3.05, 3.63) is 79.0 Å². The summed E-state index contributed by atoms with van der Waals surface area (Å²) < 4.78 is 9.65. The monoisotopic (exact) mass is 497 g/mol. The molecule has 178 valence electrons. The van der Waals surface area contributed by atoms with Crippen molar-refractivity contribution >= 4 is 34.5 Å². The first-order chi connectivity index (χ1) is 16.1. The second kappa shape index (κ2) is 9.64. The van der Waals surface area contributed by atoms with E-state index in [0.29, 0.717) is 28.8 Å². The molecule has 0 bridgehead atoms. The maximum atomic E-state index is 13.0. The first-order valence-corrected chi connectivity index (χ1v) is 12.2. The van der Waals surface area contributed by atoms with E-state index in [1.165, 1.54) is 11.3 Å². The number of nitrogens with zero attached hydrogens (tertiary/aromatic N) is 4. The maximum absolute atomic E-state index is 13.0. The van der Waals surface area contributed by atoms with Crippen molar-refractivity contribution in [3.8, 4) is 5.75 Å². The number of carbonyl (C=O) groups is 1. The van der Waals surface area contributed by atoms with Crippen LogP contribution in [-0.4, -0.2) is 25.5 Å². The average Bonchev–Trinajstić information content (AvgIpc) is 3.44. The number of halogens is 1. The third-order valence-electron chi connectivity index (χ3n) is 5.95. The van der Waals surface area contributed by atoms with Crippen LogP contribution in [0.25, 0.3) is 0 Å². The molecule has 0 saturated carbocycles. The molecule has 7 nitrogen and oxygen atoms in total. The summed E-state index contributed by atoms with van der Waals surface area (Å²) in [5.41, 5.74) is 7.64. The summed E-state index contributed by atoms with van der Waals surface area (Å²) in [6.07, 6.45) is 0. The normalized spacial score (nSPS) is 11.1. The van der Waals surface area contributed by atoms with Gasteiger partial charge >= 0.3 is 0 Å². The Labute approximate surface area is 208 Å². The van der Waals surface area contributed by atoms with Crippen molar-refractivity contribution in [2.24, 2.45) is 7.05 Å². The molecular weight excluding hydrogens is 470 g/mol. The zero-order valence-corrected chi connectivity index (χ0v) is 21.8. The third kappa shape index (κ3) is 4.88. The van der Waals surface area contributed by atoms with Crippen molar-refractivity contribution < 1.29 is 9.53 Å². The third-order valence-corrected chi connectivity index (χ3v) is 7.24. The number of hydrogen-bond donors (Lipinski definition) is 1. The molecule has 0 fully saturated rings. The molecule has 3 aromatic heterocycles. The maximum Gasteiger partial charge on any atom is 0.265 e. The van der Waals surface area contributed by atoms with E-state index >= 15 is 0 Å².